The van der Waals surface area contributed by atoms with E-state index in [9.17, 15) is 0 Å². The van der Waals surface area contributed by atoms with Gasteiger partial charge in [-0.2, -0.15) is 0 Å². The first-order chi connectivity index (χ1) is 8.38. The molecule has 94 valence electrons. The number of methoxy groups -OCH3 is 1. The molecule has 3 heteroatoms. The molecule has 2 N–H and O–H groups in total. The number of quaternary nitrogens is 1. The van der Waals surface area contributed by atoms with Crippen LogP contribution in [-0.2, 0) is 11.2 Å². The third-order valence-electron chi connectivity index (χ3n) is 3.25. The van der Waals surface area contributed by atoms with Crippen LogP contribution in [0, 0.1) is 0 Å². The zero-order valence-electron chi connectivity index (χ0n) is 10.5. The van der Waals surface area contributed by atoms with E-state index in [0.717, 1.165) is 31.9 Å². The van der Waals surface area contributed by atoms with Crippen molar-refractivity contribution in [3.05, 3.63) is 29.8 Å². The van der Waals surface area contributed by atoms with Crippen molar-refractivity contribution >= 4 is 0 Å². The van der Waals surface area contributed by atoms with Crippen LogP contribution in [-0.4, -0.2) is 32.9 Å². The first kappa shape index (κ1) is 12.4. The van der Waals surface area contributed by atoms with Crippen LogP contribution in [0.3, 0.4) is 0 Å². The Morgan fingerprint density at radius 3 is 2.82 bits per heavy atom. The Morgan fingerprint density at radius 2 is 2.18 bits per heavy atom. The van der Waals surface area contributed by atoms with Crippen molar-refractivity contribution in [1.29, 1.82) is 0 Å². The molecule has 0 amide bonds. The van der Waals surface area contributed by atoms with Gasteiger partial charge in [0, 0.05) is 13.0 Å². The molecule has 0 aliphatic carbocycles. The number of nitrogens with two attached hydrogens (primary N) is 1. The van der Waals surface area contributed by atoms with Gasteiger partial charge in [-0.3, -0.25) is 0 Å². The Morgan fingerprint density at radius 1 is 1.35 bits per heavy atom. The second-order valence-electron chi connectivity index (χ2n) is 4.55. The van der Waals surface area contributed by atoms with Crippen molar-refractivity contribution in [2.45, 2.75) is 25.4 Å². The van der Waals surface area contributed by atoms with Gasteiger partial charge in [-0.05, 0) is 30.5 Å². The molecule has 1 aliphatic heterocycles. The highest BCUT2D eigenvalue weighted by Gasteiger charge is 2.16. The molecule has 1 aliphatic rings. The van der Waals surface area contributed by atoms with Gasteiger partial charge in [-0.15, -0.1) is 0 Å². The lowest BCUT2D eigenvalue weighted by molar-refractivity contribution is -0.660. The van der Waals surface area contributed by atoms with E-state index in [1.54, 1.807) is 7.11 Å². The lowest BCUT2D eigenvalue weighted by Gasteiger charge is -2.08. The van der Waals surface area contributed by atoms with Crippen molar-refractivity contribution in [1.82, 2.24) is 0 Å². The summed E-state index contributed by atoms with van der Waals surface area (Å²) in [6, 6.07) is 8.32. The van der Waals surface area contributed by atoms with Crippen LogP contribution in [0.1, 0.15) is 18.4 Å². The van der Waals surface area contributed by atoms with Crippen molar-refractivity contribution in [3.8, 4) is 5.75 Å². The van der Waals surface area contributed by atoms with Crippen LogP contribution >= 0.6 is 0 Å². The normalized spacial score (nSPS) is 19.5. The average molecular weight is 236 g/mol. The summed E-state index contributed by atoms with van der Waals surface area (Å²) < 4.78 is 10.7. The summed E-state index contributed by atoms with van der Waals surface area (Å²) in [5.41, 5.74) is 1.37. The van der Waals surface area contributed by atoms with Crippen LogP contribution in [0.5, 0.6) is 5.75 Å². The summed E-state index contributed by atoms with van der Waals surface area (Å²) in [6.45, 7) is 3.19. The van der Waals surface area contributed by atoms with Gasteiger partial charge in [0.25, 0.3) is 0 Å². The van der Waals surface area contributed by atoms with Gasteiger partial charge in [0.05, 0.1) is 13.7 Å². The Bertz CT molecular complexity index is 317. The van der Waals surface area contributed by atoms with Crippen molar-refractivity contribution in [3.63, 3.8) is 0 Å². The SMILES string of the molecule is COc1ccc(CC[NH2+]C[C@H]2CCCO2)cc1. The fourth-order valence-corrected chi connectivity index (χ4v) is 2.19. The van der Waals surface area contributed by atoms with E-state index in [2.05, 4.69) is 17.4 Å². The molecule has 0 aromatic heterocycles. The summed E-state index contributed by atoms with van der Waals surface area (Å²) in [7, 11) is 1.70. The van der Waals surface area contributed by atoms with Crippen LogP contribution in [0.4, 0.5) is 0 Å². The third kappa shape index (κ3) is 4.02. The fraction of sp³-hybridized carbons (Fsp3) is 0.571. The van der Waals surface area contributed by atoms with Gasteiger partial charge in [-0.1, -0.05) is 12.1 Å². The van der Waals surface area contributed by atoms with E-state index < -0.39 is 0 Å². The molecule has 1 fully saturated rings. The number of hydrogen-bond donors (Lipinski definition) is 1. The highest BCUT2D eigenvalue weighted by atomic mass is 16.5. The van der Waals surface area contributed by atoms with Gasteiger partial charge in [0.2, 0.25) is 0 Å². The van der Waals surface area contributed by atoms with Crippen molar-refractivity contribution in [2.24, 2.45) is 0 Å². The van der Waals surface area contributed by atoms with E-state index in [4.69, 9.17) is 9.47 Å². The fourth-order valence-electron chi connectivity index (χ4n) is 2.19. The summed E-state index contributed by atoms with van der Waals surface area (Å²) in [4.78, 5) is 0. The van der Waals surface area contributed by atoms with Crippen LogP contribution in [0.25, 0.3) is 0 Å². The van der Waals surface area contributed by atoms with Gasteiger partial charge < -0.3 is 14.8 Å². The average Bonchev–Trinajstić information content (AvgIpc) is 2.88. The topological polar surface area (TPSA) is 35.1 Å². The van der Waals surface area contributed by atoms with Crippen molar-refractivity contribution < 1.29 is 14.8 Å². The molecular formula is C14H22NO2+. The standard InChI is InChI=1S/C14H21NO2/c1-16-13-6-4-12(5-7-13)8-9-15-11-14-3-2-10-17-14/h4-7,14-15H,2-3,8-11H2,1H3/p+1/t14-/m1/s1. The van der Waals surface area contributed by atoms with E-state index in [-0.39, 0.29) is 0 Å². The number of benzene rings is 1. The zero-order valence-corrected chi connectivity index (χ0v) is 10.5. The minimum atomic E-state index is 0.492. The molecule has 17 heavy (non-hydrogen) atoms. The smallest absolute Gasteiger partial charge is 0.118 e. The molecule has 1 saturated heterocycles. The van der Waals surface area contributed by atoms with E-state index in [0.29, 0.717) is 6.10 Å². The lowest BCUT2D eigenvalue weighted by Crippen LogP contribution is -2.86. The van der Waals surface area contributed by atoms with Crippen molar-refractivity contribution in [2.75, 3.05) is 26.8 Å². The summed E-state index contributed by atoms with van der Waals surface area (Å²) in [5, 5.41) is 2.36. The minimum absolute atomic E-state index is 0.492. The van der Waals surface area contributed by atoms with E-state index in [1.807, 2.05) is 12.1 Å². The maximum absolute atomic E-state index is 5.59. The van der Waals surface area contributed by atoms with Gasteiger partial charge in [-0.25, -0.2) is 0 Å². The molecule has 1 aromatic rings. The second kappa shape index (κ2) is 6.62. The Balaban J connectivity index is 1.63. The molecule has 0 bridgehead atoms. The van der Waals surface area contributed by atoms with E-state index >= 15 is 0 Å². The predicted octanol–water partition coefficient (Wildman–Crippen LogP) is 0.980. The Labute approximate surface area is 103 Å². The van der Waals surface area contributed by atoms with Crippen LogP contribution in [0.15, 0.2) is 24.3 Å². The Kier molecular flexibility index (Phi) is 4.83. The zero-order chi connectivity index (χ0) is 11.9. The third-order valence-corrected chi connectivity index (χ3v) is 3.25. The molecule has 1 aromatic carbocycles. The quantitative estimate of drug-likeness (QED) is 0.747. The number of ether oxygens (including phenoxy) is 2. The molecule has 1 heterocycles. The molecular weight excluding hydrogens is 214 g/mol. The molecule has 0 unspecified atom stereocenters. The van der Waals surface area contributed by atoms with Gasteiger partial charge >= 0.3 is 0 Å². The first-order valence-electron chi connectivity index (χ1n) is 6.44. The maximum Gasteiger partial charge on any atom is 0.118 e. The summed E-state index contributed by atoms with van der Waals surface area (Å²) in [6.07, 6.45) is 4.07. The molecule has 3 nitrogen and oxygen atoms in total. The maximum atomic E-state index is 5.59. The Hall–Kier alpha value is -1.06. The number of rotatable bonds is 6. The first-order valence-corrected chi connectivity index (χ1v) is 6.44. The minimum Gasteiger partial charge on any atom is -0.497 e. The summed E-state index contributed by atoms with van der Waals surface area (Å²) >= 11 is 0. The van der Waals surface area contributed by atoms with Crippen LogP contribution in [0.2, 0.25) is 0 Å². The summed E-state index contributed by atoms with van der Waals surface area (Å²) in [5.74, 6) is 0.928. The lowest BCUT2D eigenvalue weighted by atomic mass is 10.1. The molecule has 0 saturated carbocycles. The highest BCUT2D eigenvalue weighted by molar-refractivity contribution is 5.27. The number of hydrogen-bond acceptors (Lipinski definition) is 2. The van der Waals surface area contributed by atoms with E-state index in [1.165, 1.54) is 18.4 Å². The predicted molar refractivity (Wildman–Crippen MR) is 67.3 cm³/mol. The molecule has 1 atom stereocenters. The van der Waals surface area contributed by atoms with Gasteiger partial charge in [0.1, 0.15) is 18.4 Å². The van der Waals surface area contributed by atoms with Gasteiger partial charge in [0.15, 0.2) is 0 Å². The second-order valence-corrected chi connectivity index (χ2v) is 4.55. The molecule has 2 rings (SSSR count). The molecule has 0 spiro atoms. The molecule has 0 radical (unpaired) electrons. The monoisotopic (exact) mass is 236 g/mol. The highest BCUT2D eigenvalue weighted by Crippen LogP contribution is 2.11. The largest absolute Gasteiger partial charge is 0.497 e. The van der Waals surface area contributed by atoms with Crippen LogP contribution < -0.4 is 10.1 Å².